The van der Waals surface area contributed by atoms with Gasteiger partial charge in [0.2, 0.25) is 0 Å². The monoisotopic (exact) mass is 187 g/mol. The minimum Gasteiger partial charge on any atom is -0.382 e. The first kappa shape index (κ1) is 11.0. The Morgan fingerprint density at radius 3 is 2.92 bits per heavy atom. The number of likely N-dealkylation sites (N-methyl/N-ethyl adjacent to an activating group) is 1. The van der Waals surface area contributed by atoms with Crippen LogP contribution < -0.4 is 0 Å². The molecule has 78 valence electrons. The molecule has 1 fully saturated rings. The van der Waals surface area contributed by atoms with E-state index in [9.17, 15) is 0 Å². The maximum atomic E-state index is 5.69. The Balaban J connectivity index is 2.11. The van der Waals surface area contributed by atoms with Gasteiger partial charge in [-0.15, -0.1) is 0 Å². The molecule has 0 aliphatic carbocycles. The molecular formula is C10H21NO2. The molecule has 0 radical (unpaired) electrons. The van der Waals surface area contributed by atoms with E-state index in [4.69, 9.17) is 9.47 Å². The van der Waals surface area contributed by atoms with Crippen LogP contribution in [-0.4, -0.2) is 51.0 Å². The van der Waals surface area contributed by atoms with Crippen LogP contribution in [-0.2, 0) is 9.47 Å². The van der Waals surface area contributed by atoms with Gasteiger partial charge in [-0.05, 0) is 25.9 Å². The fourth-order valence-electron chi connectivity index (χ4n) is 1.73. The Hall–Kier alpha value is -0.120. The maximum absolute atomic E-state index is 5.69. The molecule has 3 heteroatoms. The third-order valence-electron chi connectivity index (χ3n) is 2.55. The number of hydrogen-bond donors (Lipinski definition) is 0. The first-order valence-corrected chi connectivity index (χ1v) is 5.19. The fourth-order valence-corrected chi connectivity index (χ4v) is 1.73. The highest BCUT2D eigenvalue weighted by molar-refractivity contribution is 4.72. The van der Waals surface area contributed by atoms with Crippen LogP contribution in [0, 0.1) is 0 Å². The molecule has 13 heavy (non-hydrogen) atoms. The molecule has 1 saturated heterocycles. The minimum atomic E-state index is 0.434. The lowest BCUT2D eigenvalue weighted by Gasteiger charge is -2.31. The summed E-state index contributed by atoms with van der Waals surface area (Å²) < 4.78 is 10.6. The summed E-state index contributed by atoms with van der Waals surface area (Å²) in [4.78, 5) is 2.45. The van der Waals surface area contributed by atoms with E-state index in [0.717, 1.165) is 19.7 Å². The first-order chi connectivity index (χ1) is 6.36. The van der Waals surface area contributed by atoms with E-state index < -0.39 is 0 Å². The minimum absolute atomic E-state index is 0.434. The molecule has 0 unspecified atom stereocenters. The zero-order chi connectivity index (χ0) is 9.52. The number of ether oxygens (including phenoxy) is 2. The van der Waals surface area contributed by atoms with E-state index in [2.05, 4.69) is 11.8 Å². The van der Waals surface area contributed by atoms with Crippen LogP contribution in [0.4, 0.5) is 0 Å². The molecule has 1 atom stereocenters. The second-order valence-corrected chi connectivity index (χ2v) is 3.52. The van der Waals surface area contributed by atoms with Gasteiger partial charge in [0.25, 0.3) is 0 Å². The van der Waals surface area contributed by atoms with Crippen molar-refractivity contribution in [3.8, 4) is 0 Å². The Bertz CT molecular complexity index is 130. The highest BCUT2D eigenvalue weighted by atomic mass is 16.5. The molecule has 3 nitrogen and oxygen atoms in total. The molecular weight excluding hydrogens is 166 g/mol. The number of likely N-dealkylation sites (tertiary alicyclic amines) is 1. The average molecular weight is 187 g/mol. The van der Waals surface area contributed by atoms with Crippen LogP contribution >= 0.6 is 0 Å². The van der Waals surface area contributed by atoms with Crippen molar-refractivity contribution in [3.63, 3.8) is 0 Å². The number of nitrogens with zero attached hydrogens (tertiary/aromatic N) is 1. The lowest BCUT2D eigenvalue weighted by molar-refractivity contribution is -0.0196. The van der Waals surface area contributed by atoms with E-state index in [0.29, 0.717) is 12.7 Å². The van der Waals surface area contributed by atoms with E-state index in [-0.39, 0.29) is 0 Å². The van der Waals surface area contributed by atoms with Crippen molar-refractivity contribution in [1.29, 1.82) is 0 Å². The first-order valence-electron chi connectivity index (χ1n) is 5.19. The predicted octanol–water partition coefficient (Wildman–Crippen LogP) is 1.13. The van der Waals surface area contributed by atoms with Crippen LogP contribution in [0.15, 0.2) is 0 Å². The molecule has 1 aliphatic heterocycles. The van der Waals surface area contributed by atoms with Gasteiger partial charge in [-0.1, -0.05) is 6.92 Å². The van der Waals surface area contributed by atoms with E-state index >= 15 is 0 Å². The van der Waals surface area contributed by atoms with Gasteiger partial charge in [-0.3, -0.25) is 0 Å². The zero-order valence-corrected chi connectivity index (χ0v) is 8.79. The van der Waals surface area contributed by atoms with Crippen molar-refractivity contribution < 1.29 is 9.47 Å². The number of hydrogen-bond acceptors (Lipinski definition) is 3. The molecule has 1 heterocycles. The summed E-state index contributed by atoms with van der Waals surface area (Å²) in [6.45, 7) is 7.13. The largest absolute Gasteiger partial charge is 0.382 e. The van der Waals surface area contributed by atoms with Gasteiger partial charge < -0.3 is 14.4 Å². The summed E-state index contributed by atoms with van der Waals surface area (Å²) >= 11 is 0. The van der Waals surface area contributed by atoms with Crippen molar-refractivity contribution in [2.24, 2.45) is 0 Å². The van der Waals surface area contributed by atoms with Gasteiger partial charge in [0.15, 0.2) is 0 Å². The second-order valence-electron chi connectivity index (χ2n) is 3.52. The summed E-state index contributed by atoms with van der Waals surface area (Å²) in [7, 11) is 1.71. The molecule has 0 N–H and O–H groups in total. The maximum Gasteiger partial charge on any atom is 0.0704 e. The van der Waals surface area contributed by atoms with Gasteiger partial charge in [0.1, 0.15) is 0 Å². The SMILES string of the molecule is CCN1CCC[C@@H](OCCOC)C1. The van der Waals surface area contributed by atoms with Gasteiger partial charge >= 0.3 is 0 Å². The van der Waals surface area contributed by atoms with Gasteiger partial charge in [0.05, 0.1) is 19.3 Å². The Morgan fingerprint density at radius 1 is 1.38 bits per heavy atom. The Labute approximate surface area is 81.0 Å². The van der Waals surface area contributed by atoms with Crippen LogP contribution in [0.3, 0.4) is 0 Å². The quantitative estimate of drug-likeness (QED) is 0.602. The van der Waals surface area contributed by atoms with Crippen molar-refractivity contribution in [3.05, 3.63) is 0 Å². The number of piperidine rings is 1. The van der Waals surface area contributed by atoms with Gasteiger partial charge in [-0.25, -0.2) is 0 Å². The van der Waals surface area contributed by atoms with Crippen LogP contribution in [0.25, 0.3) is 0 Å². The van der Waals surface area contributed by atoms with Crippen molar-refractivity contribution in [1.82, 2.24) is 4.90 Å². The standard InChI is InChI=1S/C10H21NO2/c1-3-11-6-4-5-10(9-11)13-8-7-12-2/h10H,3-9H2,1-2H3/t10-/m1/s1. The summed E-state index contributed by atoms with van der Waals surface area (Å²) in [5.74, 6) is 0. The number of rotatable bonds is 5. The fraction of sp³-hybridized carbons (Fsp3) is 1.00. The van der Waals surface area contributed by atoms with Crippen molar-refractivity contribution in [2.75, 3.05) is 40.0 Å². The highest BCUT2D eigenvalue weighted by Gasteiger charge is 2.18. The lowest BCUT2D eigenvalue weighted by atomic mass is 10.1. The average Bonchev–Trinajstić information content (AvgIpc) is 2.19. The topological polar surface area (TPSA) is 21.7 Å². The summed E-state index contributed by atoms with van der Waals surface area (Å²) in [5.41, 5.74) is 0. The number of methoxy groups -OCH3 is 1. The second kappa shape index (κ2) is 6.35. The molecule has 0 bridgehead atoms. The lowest BCUT2D eigenvalue weighted by Crippen LogP contribution is -2.39. The summed E-state index contributed by atoms with van der Waals surface area (Å²) in [6.07, 6.45) is 2.91. The zero-order valence-electron chi connectivity index (χ0n) is 8.79. The van der Waals surface area contributed by atoms with Gasteiger partial charge in [0, 0.05) is 13.7 Å². The third kappa shape index (κ3) is 4.07. The molecule has 0 aromatic carbocycles. The summed E-state index contributed by atoms with van der Waals surface area (Å²) in [6, 6.07) is 0. The Kier molecular flexibility index (Phi) is 5.35. The molecule has 1 rings (SSSR count). The molecule has 0 spiro atoms. The van der Waals surface area contributed by atoms with Crippen molar-refractivity contribution in [2.45, 2.75) is 25.9 Å². The normalized spacial score (nSPS) is 24.9. The molecule has 0 aromatic rings. The summed E-state index contributed by atoms with van der Waals surface area (Å²) in [5, 5.41) is 0. The van der Waals surface area contributed by atoms with Gasteiger partial charge in [-0.2, -0.15) is 0 Å². The molecule has 0 aromatic heterocycles. The molecule has 0 amide bonds. The predicted molar refractivity (Wildman–Crippen MR) is 53.0 cm³/mol. The highest BCUT2D eigenvalue weighted by Crippen LogP contribution is 2.12. The van der Waals surface area contributed by atoms with E-state index in [1.807, 2.05) is 0 Å². The third-order valence-corrected chi connectivity index (χ3v) is 2.55. The van der Waals surface area contributed by atoms with E-state index in [1.165, 1.54) is 19.4 Å². The van der Waals surface area contributed by atoms with Crippen LogP contribution in [0.1, 0.15) is 19.8 Å². The van der Waals surface area contributed by atoms with Crippen molar-refractivity contribution >= 4 is 0 Å². The van der Waals surface area contributed by atoms with Crippen LogP contribution in [0.2, 0.25) is 0 Å². The molecule has 1 aliphatic rings. The smallest absolute Gasteiger partial charge is 0.0704 e. The Morgan fingerprint density at radius 2 is 2.23 bits per heavy atom. The molecule has 0 saturated carbocycles. The van der Waals surface area contributed by atoms with Crippen LogP contribution in [0.5, 0.6) is 0 Å². The van der Waals surface area contributed by atoms with E-state index in [1.54, 1.807) is 7.11 Å².